The van der Waals surface area contributed by atoms with E-state index in [1.165, 1.54) is 23.5 Å². The lowest BCUT2D eigenvalue weighted by Crippen LogP contribution is -2.45. The molecule has 0 spiro atoms. The highest BCUT2D eigenvalue weighted by atomic mass is 79.9. The molecule has 1 aromatic carbocycles. The van der Waals surface area contributed by atoms with Crippen LogP contribution in [-0.4, -0.2) is 29.9 Å². The normalized spacial score (nSPS) is 17.2. The number of hydrogen-bond donors (Lipinski definition) is 2. The molecule has 25 heavy (non-hydrogen) atoms. The highest BCUT2D eigenvalue weighted by Crippen LogP contribution is 2.23. The van der Waals surface area contributed by atoms with Gasteiger partial charge in [-0.25, -0.2) is 9.18 Å². The molecule has 1 atom stereocenters. The maximum atomic E-state index is 13.9. The van der Waals surface area contributed by atoms with Crippen LogP contribution in [0.3, 0.4) is 0 Å². The number of urea groups is 1. The fraction of sp³-hybridized carbons (Fsp3) is 0.294. The summed E-state index contributed by atoms with van der Waals surface area (Å²) in [6, 6.07) is 7.96. The Morgan fingerprint density at radius 2 is 2.12 bits per heavy atom. The summed E-state index contributed by atoms with van der Waals surface area (Å²) < 4.78 is 14.5. The molecule has 0 saturated carbocycles. The number of anilines is 2. The summed E-state index contributed by atoms with van der Waals surface area (Å²) in [5, 5.41) is 8.10. The van der Waals surface area contributed by atoms with Crippen molar-refractivity contribution < 1.29 is 14.0 Å². The lowest BCUT2D eigenvalue weighted by molar-refractivity contribution is -0.121. The molecule has 1 aliphatic rings. The van der Waals surface area contributed by atoms with E-state index in [1.807, 2.05) is 17.5 Å². The van der Waals surface area contributed by atoms with Crippen molar-refractivity contribution in [2.24, 2.45) is 5.92 Å². The molecule has 1 saturated heterocycles. The number of carbonyl (C=O) groups excluding carboxylic acids is 2. The number of benzene rings is 1. The Morgan fingerprint density at radius 1 is 1.28 bits per heavy atom. The van der Waals surface area contributed by atoms with Crippen molar-refractivity contribution in [2.75, 3.05) is 23.7 Å². The first kappa shape index (κ1) is 17.9. The summed E-state index contributed by atoms with van der Waals surface area (Å²) in [7, 11) is 0. The number of amides is 3. The van der Waals surface area contributed by atoms with Gasteiger partial charge in [-0.15, -0.1) is 11.3 Å². The molecule has 0 bridgehead atoms. The van der Waals surface area contributed by atoms with Crippen molar-refractivity contribution in [1.82, 2.24) is 4.90 Å². The molecular formula is C17H17BrFN3O2S. The summed E-state index contributed by atoms with van der Waals surface area (Å²) in [6.07, 6.45) is 1.41. The zero-order valence-corrected chi connectivity index (χ0v) is 15.7. The van der Waals surface area contributed by atoms with Gasteiger partial charge in [0.2, 0.25) is 5.91 Å². The maximum Gasteiger partial charge on any atom is 0.322 e. The highest BCUT2D eigenvalue weighted by molar-refractivity contribution is 9.10. The standard InChI is InChI=1S/C17H17BrFN3O2S/c18-12-5-6-14(13(19)9-12)20-16(23)11-3-1-7-22(10-11)17(24)21-15-4-2-8-25-15/h2,4-6,8-9,11H,1,3,7,10H2,(H,20,23)(H,21,24). The van der Waals surface area contributed by atoms with Crippen LogP contribution in [-0.2, 0) is 4.79 Å². The number of nitrogens with one attached hydrogen (secondary N) is 2. The van der Waals surface area contributed by atoms with E-state index in [4.69, 9.17) is 0 Å². The molecule has 5 nitrogen and oxygen atoms in total. The van der Waals surface area contributed by atoms with Crippen LogP contribution in [0.15, 0.2) is 40.2 Å². The van der Waals surface area contributed by atoms with Gasteiger partial charge in [-0.05, 0) is 48.6 Å². The summed E-state index contributed by atoms with van der Waals surface area (Å²) >= 11 is 4.63. The number of hydrogen-bond acceptors (Lipinski definition) is 3. The lowest BCUT2D eigenvalue weighted by atomic mass is 9.97. The van der Waals surface area contributed by atoms with Gasteiger partial charge in [-0.2, -0.15) is 0 Å². The molecule has 2 aromatic rings. The highest BCUT2D eigenvalue weighted by Gasteiger charge is 2.29. The Hall–Kier alpha value is -1.93. The minimum Gasteiger partial charge on any atom is -0.324 e. The van der Waals surface area contributed by atoms with E-state index in [0.717, 1.165) is 11.4 Å². The second-order valence-corrected chi connectivity index (χ2v) is 7.67. The average molecular weight is 426 g/mol. The third-order valence-electron chi connectivity index (χ3n) is 4.02. The number of rotatable bonds is 3. The van der Waals surface area contributed by atoms with E-state index in [2.05, 4.69) is 26.6 Å². The van der Waals surface area contributed by atoms with Gasteiger partial charge in [0.15, 0.2) is 0 Å². The first-order valence-electron chi connectivity index (χ1n) is 7.88. The minimum absolute atomic E-state index is 0.147. The molecule has 0 radical (unpaired) electrons. The van der Waals surface area contributed by atoms with Crippen LogP contribution >= 0.6 is 27.3 Å². The second kappa shape index (κ2) is 7.97. The van der Waals surface area contributed by atoms with Crippen LogP contribution in [0.1, 0.15) is 12.8 Å². The van der Waals surface area contributed by atoms with Crippen molar-refractivity contribution in [2.45, 2.75) is 12.8 Å². The Bertz CT molecular complexity index is 769. The van der Waals surface area contributed by atoms with Crippen LogP contribution < -0.4 is 10.6 Å². The zero-order chi connectivity index (χ0) is 17.8. The van der Waals surface area contributed by atoms with Gasteiger partial charge in [-0.1, -0.05) is 15.9 Å². The van der Waals surface area contributed by atoms with E-state index in [-0.39, 0.29) is 23.5 Å². The predicted octanol–water partition coefficient (Wildman–Crippen LogP) is 4.53. The first-order valence-corrected chi connectivity index (χ1v) is 9.55. The number of likely N-dealkylation sites (tertiary alicyclic amines) is 1. The number of carbonyl (C=O) groups is 2. The van der Waals surface area contributed by atoms with Gasteiger partial charge in [0.1, 0.15) is 5.82 Å². The van der Waals surface area contributed by atoms with Crippen LogP contribution in [0.4, 0.5) is 19.9 Å². The van der Waals surface area contributed by atoms with Crippen molar-refractivity contribution in [1.29, 1.82) is 0 Å². The van der Waals surface area contributed by atoms with E-state index < -0.39 is 5.82 Å². The monoisotopic (exact) mass is 425 g/mol. The first-order chi connectivity index (χ1) is 12.0. The number of piperidine rings is 1. The molecule has 0 aliphatic carbocycles. The predicted molar refractivity (Wildman–Crippen MR) is 100 cm³/mol. The Labute approximate surface area is 157 Å². The van der Waals surface area contributed by atoms with Crippen LogP contribution in [0.5, 0.6) is 0 Å². The minimum atomic E-state index is -0.495. The van der Waals surface area contributed by atoms with Gasteiger partial charge in [0.05, 0.1) is 16.6 Å². The second-order valence-electron chi connectivity index (χ2n) is 5.81. The molecule has 1 fully saturated rings. The molecule has 8 heteroatoms. The summed E-state index contributed by atoms with van der Waals surface area (Å²) in [5.41, 5.74) is 0.147. The smallest absolute Gasteiger partial charge is 0.322 e. The molecule has 2 heterocycles. The summed E-state index contributed by atoms with van der Waals surface area (Å²) in [5.74, 6) is -1.12. The van der Waals surface area contributed by atoms with Crippen LogP contribution in [0.25, 0.3) is 0 Å². The summed E-state index contributed by atoms with van der Waals surface area (Å²) in [6.45, 7) is 0.925. The molecular weight excluding hydrogens is 409 g/mol. The van der Waals surface area contributed by atoms with Crippen LogP contribution in [0.2, 0.25) is 0 Å². The summed E-state index contributed by atoms with van der Waals surface area (Å²) in [4.78, 5) is 26.4. The zero-order valence-electron chi connectivity index (χ0n) is 13.3. The fourth-order valence-electron chi connectivity index (χ4n) is 2.74. The lowest BCUT2D eigenvalue weighted by Gasteiger charge is -2.31. The van der Waals surface area contributed by atoms with Crippen molar-refractivity contribution >= 4 is 49.9 Å². The molecule has 132 valence electrons. The number of thiophene rings is 1. The average Bonchev–Trinajstić information content (AvgIpc) is 3.10. The Kier molecular flexibility index (Phi) is 5.70. The van der Waals surface area contributed by atoms with Gasteiger partial charge in [0, 0.05) is 17.6 Å². The Morgan fingerprint density at radius 3 is 2.84 bits per heavy atom. The molecule has 3 amide bonds. The van der Waals surface area contributed by atoms with E-state index in [9.17, 15) is 14.0 Å². The van der Waals surface area contributed by atoms with Crippen molar-refractivity contribution in [3.63, 3.8) is 0 Å². The Balaban J connectivity index is 1.60. The molecule has 2 N–H and O–H groups in total. The molecule has 1 aromatic heterocycles. The quantitative estimate of drug-likeness (QED) is 0.758. The van der Waals surface area contributed by atoms with Gasteiger partial charge in [-0.3, -0.25) is 10.1 Å². The third-order valence-corrected chi connectivity index (χ3v) is 5.30. The number of halogens is 2. The van der Waals surface area contributed by atoms with Gasteiger partial charge >= 0.3 is 6.03 Å². The van der Waals surface area contributed by atoms with Gasteiger partial charge < -0.3 is 10.2 Å². The van der Waals surface area contributed by atoms with Gasteiger partial charge in [0.25, 0.3) is 0 Å². The fourth-order valence-corrected chi connectivity index (χ4v) is 3.68. The molecule has 3 rings (SSSR count). The van der Waals surface area contributed by atoms with Crippen molar-refractivity contribution in [3.05, 3.63) is 46.0 Å². The molecule has 1 unspecified atom stereocenters. The van der Waals surface area contributed by atoms with Crippen molar-refractivity contribution in [3.8, 4) is 0 Å². The third kappa shape index (κ3) is 4.58. The maximum absolute atomic E-state index is 13.9. The molecule has 1 aliphatic heterocycles. The van der Waals surface area contributed by atoms with E-state index >= 15 is 0 Å². The van der Waals surface area contributed by atoms with E-state index in [1.54, 1.807) is 11.0 Å². The van der Waals surface area contributed by atoms with E-state index in [0.29, 0.717) is 24.0 Å². The number of nitrogens with zero attached hydrogens (tertiary/aromatic N) is 1. The SMILES string of the molecule is O=C(Nc1ccc(Br)cc1F)C1CCCN(C(=O)Nc2cccs2)C1. The largest absolute Gasteiger partial charge is 0.324 e. The van der Waals surface area contributed by atoms with Crippen LogP contribution in [0, 0.1) is 11.7 Å². The topological polar surface area (TPSA) is 61.4 Å².